The van der Waals surface area contributed by atoms with E-state index in [4.69, 9.17) is 4.55 Å². The van der Waals surface area contributed by atoms with Gasteiger partial charge in [-0.1, -0.05) is 0 Å². The zero-order valence-electron chi connectivity index (χ0n) is 13.4. The second-order valence-corrected chi connectivity index (χ2v) is 6.97. The molecule has 3 nitrogen and oxygen atoms in total. The van der Waals surface area contributed by atoms with Crippen molar-refractivity contribution in [3.05, 3.63) is 0 Å². The Morgan fingerprint density at radius 3 is 0.758 bits per heavy atom. The summed E-state index contributed by atoms with van der Waals surface area (Å²) in [5.74, 6) is -62.2. The number of rotatable bonds is 8. The van der Waals surface area contributed by atoms with Gasteiger partial charge in [-0.15, -0.1) is 0 Å². The van der Waals surface area contributed by atoms with E-state index in [9.17, 15) is 91.8 Å². The average Bonchev–Trinajstić information content (AvgIpc) is 2.51. The van der Waals surface area contributed by atoms with E-state index in [1.807, 2.05) is 0 Å². The summed E-state index contributed by atoms with van der Waals surface area (Å²) in [6.45, 7) is 0. The van der Waals surface area contributed by atoms with Gasteiger partial charge in [-0.05, 0) is 0 Å². The minimum absolute atomic E-state index is 0. The number of alkyl halides is 19. The molecule has 0 atom stereocenters. The van der Waals surface area contributed by atoms with Crippen molar-refractivity contribution in [2.24, 2.45) is 0 Å². The first-order valence-corrected chi connectivity index (χ1v) is 7.75. The second-order valence-electron chi connectivity index (χ2n) is 5.51. The van der Waals surface area contributed by atoms with Gasteiger partial charge >= 0.3 is 88.8 Å². The first kappa shape index (κ1) is 34.6. The predicted octanol–water partition coefficient (Wildman–Crippen LogP) is 4.29. The first-order chi connectivity index (χ1) is 13.2. The van der Waals surface area contributed by atoms with Crippen LogP contribution in [0.2, 0.25) is 0 Å². The second kappa shape index (κ2) is 8.25. The Balaban J connectivity index is 0. The quantitative estimate of drug-likeness (QED) is 0.311. The fourth-order valence-corrected chi connectivity index (χ4v) is 1.96. The average molecular weight is 668 g/mol. The van der Waals surface area contributed by atoms with Crippen LogP contribution in [0.1, 0.15) is 0 Å². The van der Waals surface area contributed by atoms with Crippen LogP contribution in [0.25, 0.3) is 0 Å². The van der Waals surface area contributed by atoms with Crippen LogP contribution in [0.4, 0.5) is 83.4 Å². The molecule has 0 fully saturated rings. The van der Waals surface area contributed by atoms with Crippen LogP contribution in [0, 0.1) is 0 Å². The zero-order valence-corrected chi connectivity index (χ0v) is 14.2. The van der Waals surface area contributed by atoms with Crippen LogP contribution in [0.5, 0.6) is 0 Å². The van der Waals surface area contributed by atoms with Crippen molar-refractivity contribution in [2.45, 2.75) is 52.9 Å². The van der Waals surface area contributed by atoms with Crippen LogP contribution in [-0.2, 0) is 10.1 Å². The molecule has 24 heteroatoms. The van der Waals surface area contributed by atoms with Crippen molar-refractivity contribution in [1.82, 2.24) is 0 Å². The summed E-state index contributed by atoms with van der Waals surface area (Å²) < 4.78 is 270. The molecule has 0 aliphatic carbocycles. The van der Waals surface area contributed by atoms with Gasteiger partial charge in [0.25, 0.3) is 0 Å². The SMILES string of the molecule is O=S(=O)(O)C(F)(F)C(F)(F)C(F)(F)C(F)(F)C(F)(F)C(F)(F)C(F)(F)C(F)(F)C(F)(F)F.[InH3]. The Morgan fingerprint density at radius 1 is 0.394 bits per heavy atom. The van der Waals surface area contributed by atoms with Crippen LogP contribution >= 0.6 is 0 Å². The summed E-state index contributed by atoms with van der Waals surface area (Å²) in [6, 6.07) is 0. The Labute approximate surface area is 185 Å². The number of hydrogen-bond acceptors (Lipinski definition) is 2. The predicted molar refractivity (Wildman–Crippen MR) is 67.1 cm³/mol. The topological polar surface area (TPSA) is 54.4 Å². The van der Waals surface area contributed by atoms with E-state index >= 15 is 0 Å². The molecule has 0 aromatic heterocycles. The molecule has 0 unspecified atom stereocenters. The van der Waals surface area contributed by atoms with E-state index in [-0.39, 0.29) is 25.8 Å². The van der Waals surface area contributed by atoms with Crippen molar-refractivity contribution < 1.29 is 96.4 Å². The van der Waals surface area contributed by atoms with Gasteiger partial charge in [0.05, 0.1) is 0 Å². The van der Waals surface area contributed by atoms with Gasteiger partial charge < -0.3 is 0 Å². The maximum atomic E-state index is 13.2. The van der Waals surface area contributed by atoms with Gasteiger partial charge in [0.15, 0.2) is 0 Å². The van der Waals surface area contributed by atoms with Crippen LogP contribution in [0.3, 0.4) is 0 Å². The van der Waals surface area contributed by atoms with E-state index in [1.165, 1.54) is 0 Å². The molecule has 0 aliphatic rings. The summed E-state index contributed by atoms with van der Waals surface area (Å²) >= 11 is 0. The molecule has 0 heterocycles. The standard InChI is InChI=1S/C9HF19O3S.In.3H/c10-1(11,2(12,13)4(16,17)6(20,21)8(24,25)26)3(14,15)5(18,19)7(22,23)9(27,28)32(29,30)31;;;;/h(H,29,30,31);;;;. The summed E-state index contributed by atoms with van der Waals surface area (Å²) in [5.41, 5.74) is 0. The van der Waals surface area contributed by atoms with Gasteiger partial charge in [0.2, 0.25) is 0 Å². The van der Waals surface area contributed by atoms with Crippen molar-refractivity contribution in [2.75, 3.05) is 0 Å². The molecule has 0 amide bonds. The summed E-state index contributed by atoms with van der Waals surface area (Å²) in [6.07, 6.45) is -7.99. The first-order valence-electron chi connectivity index (χ1n) is 6.31. The summed E-state index contributed by atoms with van der Waals surface area (Å²) in [5, 5.41) is -7.96. The molecule has 0 bridgehead atoms. The molecule has 0 aromatic rings. The Kier molecular flexibility index (Phi) is 8.65. The van der Waals surface area contributed by atoms with Crippen molar-refractivity contribution in [1.29, 1.82) is 0 Å². The Bertz CT molecular complexity index is 828. The van der Waals surface area contributed by atoms with Gasteiger partial charge in [-0.3, -0.25) is 4.55 Å². The molecule has 0 radical (unpaired) electrons. The third-order valence-electron chi connectivity index (χ3n) is 3.41. The maximum absolute atomic E-state index is 13.2. The molecule has 0 rings (SSSR count). The molecule has 0 aromatic carbocycles. The molecule has 0 saturated heterocycles. The third-order valence-corrected chi connectivity index (χ3v) is 4.32. The molecule has 33 heavy (non-hydrogen) atoms. The fraction of sp³-hybridized carbons (Fsp3) is 1.00. The fourth-order valence-electron chi connectivity index (χ4n) is 1.51. The van der Waals surface area contributed by atoms with Gasteiger partial charge in [-0.25, -0.2) is 0 Å². The Hall–Kier alpha value is -0.550. The van der Waals surface area contributed by atoms with Gasteiger partial charge in [0, 0.05) is 0 Å². The van der Waals surface area contributed by atoms with Crippen molar-refractivity contribution in [3.8, 4) is 0 Å². The van der Waals surface area contributed by atoms with Gasteiger partial charge in [0.1, 0.15) is 0 Å². The van der Waals surface area contributed by atoms with Crippen molar-refractivity contribution in [3.63, 3.8) is 0 Å². The number of hydrogen-bond donors (Lipinski definition) is 1. The molecular weight excluding hydrogens is 664 g/mol. The molecule has 0 aliphatic heterocycles. The summed E-state index contributed by atoms with van der Waals surface area (Å²) in [7, 11) is -8.00. The van der Waals surface area contributed by atoms with Crippen LogP contribution < -0.4 is 0 Å². The van der Waals surface area contributed by atoms with E-state index in [1.54, 1.807) is 0 Å². The van der Waals surface area contributed by atoms with E-state index < -0.39 is 63.0 Å². The zero-order chi connectivity index (χ0) is 27.0. The molecule has 200 valence electrons. The number of halogens is 19. The minimum atomic E-state index is -9.15. The van der Waals surface area contributed by atoms with Crippen LogP contribution in [-0.4, -0.2) is 91.7 Å². The van der Waals surface area contributed by atoms with E-state index in [0.29, 0.717) is 0 Å². The third kappa shape index (κ3) is 4.21. The molecule has 0 saturated carbocycles. The monoisotopic (exact) mass is 668 g/mol. The van der Waals surface area contributed by atoms with E-state index in [2.05, 4.69) is 0 Å². The normalized spacial score (nSPS) is 16.5. The van der Waals surface area contributed by atoms with E-state index in [0.717, 1.165) is 0 Å². The van der Waals surface area contributed by atoms with Crippen LogP contribution in [0.15, 0.2) is 0 Å². The summed E-state index contributed by atoms with van der Waals surface area (Å²) in [4.78, 5) is 0. The van der Waals surface area contributed by atoms with Crippen molar-refractivity contribution >= 4 is 36.0 Å². The van der Waals surface area contributed by atoms with Gasteiger partial charge in [-0.2, -0.15) is 91.8 Å². The molecule has 1 N–H and O–H groups in total. The molecule has 0 spiro atoms. The Morgan fingerprint density at radius 2 is 0.576 bits per heavy atom. The molecular formula is C9H4F19InO3S.